The monoisotopic (exact) mass is 282 g/mol. The molecular weight excluding hydrogens is 261 g/mol. The lowest BCUT2D eigenvalue weighted by Crippen LogP contribution is -2.56. The minimum absolute atomic E-state index is 0.0658. The second-order valence-corrected chi connectivity index (χ2v) is 4.87. The van der Waals surface area contributed by atoms with Gasteiger partial charge in [0.15, 0.2) is 0 Å². The van der Waals surface area contributed by atoms with Crippen LogP contribution in [0.15, 0.2) is 0 Å². The minimum Gasteiger partial charge on any atom is -0.395 e. The van der Waals surface area contributed by atoms with Crippen LogP contribution in [0.3, 0.4) is 0 Å². The summed E-state index contributed by atoms with van der Waals surface area (Å²) in [6.45, 7) is 2.80. The fourth-order valence-corrected chi connectivity index (χ4v) is 2.34. The molecule has 112 valence electrons. The summed E-state index contributed by atoms with van der Waals surface area (Å²) in [4.78, 5) is 13.2. The number of piperidine rings is 1. The third-order valence-electron chi connectivity index (χ3n) is 3.36. The second kappa shape index (κ2) is 7.09. The molecule has 0 aliphatic carbocycles. The molecule has 1 aliphatic heterocycles. The van der Waals surface area contributed by atoms with E-state index in [4.69, 9.17) is 5.11 Å². The number of nitrogens with one attached hydrogen (secondary N) is 1. The van der Waals surface area contributed by atoms with E-state index in [0.717, 1.165) is 12.8 Å². The molecule has 2 unspecified atom stereocenters. The number of nitrogens with zero attached hydrogens (tertiary/aromatic N) is 1. The van der Waals surface area contributed by atoms with Crippen molar-refractivity contribution in [3.63, 3.8) is 0 Å². The first-order chi connectivity index (χ1) is 8.88. The molecule has 2 atom stereocenters. The summed E-state index contributed by atoms with van der Waals surface area (Å²) in [5.41, 5.74) is 0. The van der Waals surface area contributed by atoms with Crippen molar-refractivity contribution in [1.82, 2.24) is 10.2 Å². The van der Waals surface area contributed by atoms with Crippen molar-refractivity contribution in [2.45, 2.75) is 50.9 Å². The first kappa shape index (κ1) is 16.2. The third-order valence-corrected chi connectivity index (χ3v) is 3.36. The van der Waals surface area contributed by atoms with Gasteiger partial charge in [-0.1, -0.05) is 13.3 Å². The molecule has 19 heavy (non-hydrogen) atoms. The Labute approximate surface area is 111 Å². The number of carbonyl (C=O) groups excluding carboxylic acids is 1. The molecule has 1 amide bonds. The van der Waals surface area contributed by atoms with Crippen LogP contribution in [0.5, 0.6) is 0 Å². The fraction of sp³-hybridized carbons (Fsp3) is 0.917. The standard InChI is InChI=1S/C12H21F3N2O2/c1-2-3-4-17(5-6-18)9-7-10(12(13,14)15)16-11(19)8-9/h9-10,18H,2-8H2,1H3,(H,16,19). The number of rotatable bonds is 6. The highest BCUT2D eigenvalue weighted by atomic mass is 19.4. The highest BCUT2D eigenvalue weighted by molar-refractivity contribution is 5.78. The maximum absolute atomic E-state index is 12.7. The number of halogens is 3. The van der Waals surface area contributed by atoms with Gasteiger partial charge in [-0.25, -0.2) is 0 Å². The highest BCUT2D eigenvalue weighted by Gasteiger charge is 2.45. The molecule has 1 rings (SSSR count). The highest BCUT2D eigenvalue weighted by Crippen LogP contribution is 2.28. The number of aliphatic hydroxyl groups is 1. The van der Waals surface area contributed by atoms with Gasteiger partial charge in [-0.15, -0.1) is 0 Å². The lowest BCUT2D eigenvalue weighted by Gasteiger charge is -2.37. The van der Waals surface area contributed by atoms with E-state index in [9.17, 15) is 18.0 Å². The molecular formula is C12H21F3N2O2. The molecule has 0 aromatic rings. The predicted molar refractivity (Wildman–Crippen MR) is 64.6 cm³/mol. The number of aliphatic hydroxyl groups excluding tert-OH is 1. The molecule has 2 N–H and O–H groups in total. The molecule has 0 spiro atoms. The number of hydrogen-bond acceptors (Lipinski definition) is 3. The average molecular weight is 282 g/mol. The van der Waals surface area contributed by atoms with Gasteiger partial charge in [-0.3, -0.25) is 9.69 Å². The van der Waals surface area contributed by atoms with Crippen LogP contribution in [-0.2, 0) is 4.79 Å². The van der Waals surface area contributed by atoms with Gasteiger partial charge < -0.3 is 10.4 Å². The Bertz CT molecular complexity index is 297. The van der Waals surface area contributed by atoms with E-state index in [1.54, 1.807) is 4.90 Å². The summed E-state index contributed by atoms with van der Waals surface area (Å²) in [5.74, 6) is -0.571. The van der Waals surface area contributed by atoms with Gasteiger partial charge in [0, 0.05) is 19.0 Å². The number of carbonyl (C=O) groups is 1. The zero-order chi connectivity index (χ0) is 14.5. The van der Waals surface area contributed by atoms with Gasteiger partial charge >= 0.3 is 6.18 Å². The molecule has 0 saturated carbocycles. The van der Waals surface area contributed by atoms with Crippen LogP contribution >= 0.6 is 0 Å². The Kier molecular flexibility index (Phi) is 6.06. The van der Waals surface area contributed by atoms with Crippen LogP contribution in [0.4, 0.5) is 13.2 Å². The molecule has 7 heteroatoms. The lowest BCUT2D eigenvalue weighted by atomic mass is 9.96. The van der Waals surface area contributed by atoms with Crippen LogP contribution in [0.25, 0.3) is 0 Å². The largest absolute Gasteiger partial charge is 0.408 e. The van der Waals surface area contributed by atoms with Gasteiger partial charge in [0.25, 0.3) is 0 Å². The van der Waals surface area contributed by atoms with E-state index >= 15 is 0 Å². The molecule has 1 heterocycles. The van der Waals surface area contributed by atoms with Crippen molar-refractivity contribution < 1.29 is 23.1 Å². The minimum atomic E-state index is -4.41. The quantitative estimate of drug-likeness (QED) is 0.772. The zero-order valence-corrected chi connectivity index (χ0v) is 11.0. The van der Waals surface area contributed by atoms with E-state index in [1.165, 1.54) is 0 Å². The topological polar surface area (TPSA) is 52.6 Å². The van der Waals surface area contributed by atoms with Crippen molar-refractivity contribution in [2.75, 3.05) is 19.7 Å². The van der Waals surface area contributed by atoms with Crippen LogP contribution in [0.1, 0.15) is 32.6 Å². The van der Waals surface area contributed by atoms with Crippen molar-refractivity contribution in [2.24, 2.45) is 0 Å². The summed E-state index contributed by atoms with van der Waals surface area (Å²) in [6, 6.07) is -2.22. The second-order valence-electron chi connectivity index (χ2n) is 4.87. The Hall–Kier alpha value is -0.820. The Morgan fingerprint density at radius 2 is 2.11 bits per heavy atom. The van der Waals surface area contributed by atoms with E-state index < -0.39 is 24.2 Å². The molecule has 1 aliphatic rings. The van der Waals surface area contributed by atoms with Crippen LogP contribution < -0.4 is 5.32 Å². The van der Waals surface area contributed by atoms with Crippen LogP contribution in [-0.4, -0.2) is 53.9 Å². The number of amides is 1. The maximum Gasteiger partial charge on any atom is 0.408 e. The zero-order valence-electron chi connectivity index (χ0n) is 11.0. The number of alkyl halides is 3. The predicted octanol–water partition coefficient (Wildman–Crippen LogP) is 1.29. The number of hydrogen-bond donors (Lipinski definition) is 2. The first-order valence-corrected chi connectivity index (χ1v) is 6.59. The van der Waals surface area contributed by atoms with Gasteiger partial charge in [0.1, 0.15) is 6.04 Å². The molecule has 0 radical (unpaired) electrons. The Morgan fingerprint density at radius 3 is 2.63 bits per heavy atom. The summed E-state index contributed by atoms with van der Waals surface area (Å²) < 4.78 is 38.1. The SMILES string of the molecule is CCCCN(CCO)C1CC(=O)NC(C(F)(F)F)C1. The van der Waals surface area contributed by atoms with Crippen LogP contribution in [0, 0.1) is 0 Å². The van der Waals surface area contributed by atoms with Crippen molar-refractivity contribution in [3.8, 4) is 0 Å². The summed E-state index contributed by atoms with van der Waals surface area (Å²) in [6.07, 6.45) is -2.72. The van der Waals surface area contributed by atoms with E-state index in [0.29, 0.717) is 13.1 Å². The van der Waals surface area contributed by atoms with Crippen molar-refractivity contribution in [1.29, 1.82) is 0 Å². The van der Waals surface area contributed by atoms with E-state index in [1.807, 2.05) is 12.2 Å². The summed E-state index contributed by atoms with van der Waals surface area (Å²) in [7, 11) is 0. The van der Waals surface area contributed by atoms with E-state index in [-0.39, 0.29) is 19.4 Å². The fourth-order valence-electron chi connectivity index (χ4n) is 2.34. The normalized spacial score (nSPS) is 24.6. The van der Waals surface area contributed by atoms with Crippen molar-refractivity contribution in [3.05, 3.63) is 0 Å². The van der Waals surface area contributed by atoms with E-state index in [2.05, 4.69) is 0 Å². The lowest BCUT2D eigenvalue weighted by molar-refractivity contribution is -0.171. The average Bonchev–Trinajstić information content (AvgIpc) is 2.32. The Morgan fingerprint density at radius 1 is 1.42 bits per heavy atom. The van der Waals surface area contributed by atoms with Crippen molar-refractivity contribution >= 4 is 5.91 Å². The Balaban J connectivity index is 2.69. The smallest absolute Gasteiger partial charge is 0.395 e. The van der Waals surface area contributed by atoms with Gasteiger partial charge in [-0.05, 0) is 19.4 Å². The van der Waals surface area contributed by atoms with Gasteiger partial charge in [-0.2, -0.15) is 13.2 Å². The maximum atomic E-state index is 12.7. The van der Waals surface area contributed by atoms with Crippen LogP contribution in [0.2, 0.25) is 0 Å². The molecule has 0 aromatic carbocycles. The molecule has 0 aromatic heterocycles. The van der Waals surface area contributed by atoms with Gasteiger partial charge in [0.2, 0.25) is 5.91 Å². The molecule has 4 nitrogen and oxygen atoms in total. The third kappa shape index (κ3) is 4.99. The molecule has 1 fully saturated rings. The molecule has 0 bridgehead atoms. The first-order valence-electron chi connectivity index (χ1n) is 6.59. The summed E-state index contributed by atoms with van der Waals surface area (Å²) >= 11 is 0. The summed E-state index contributed by atoms with van der Waals surface area (Å²) in [5, 5.41) is 11.0. The molecule has 1 saturated heterocycles. The number of unbranched alkanes of at least 4 members (excludes halogenated alkanes) is 1. The van der Waals surface area contributed by atoms with Gasteiger partial charge in [0.05, 0.1) is 6.61 Å².